The van der Waals surface area contributed by atoms with E-state index in [4.69, 9.17) is 0 Å². The molecule has 0 aliphatic rings. The van der Waals surface area contributed by atoms with Crippen LogP contribution in [0.1, 0.15) is 21.5 Å². The Kier molecular flexibility index (Phi) is 7.12. The molecule has 0 radical (unpaired) electrons. The van der Waals surface area contributed by atoms with Gasteiger partial charge in [0.2, 0.25) is 11.8 Å². The molecule has 27 heavy (non-hydrogen) atoms. The van der Waals surface area contributed by atoms with Crippen LogP contribution in [0.4, 0.5) is 5.69 Å². The second-order valence-corrected chi connectivity index (χ2v) is 7.17. The fraction of sp³-hybridized carbons (Fsp3) is 0.250. The number of rotatable bonds is 6. The van der Waals surface area contributed by atoms with Gasteiger partial charge < -0.3 is 15.5 Å². The molecule has 0 saturated heterocycles. The molecule has 0 aromatic heterocycles. The number of para-hydroxylation sites is 1. The molecule has 142 valence electrons. The first-order valence-electron chi connectivity index (χ1n) is 8.41. The van der Waals surface area contributed by atoms with E-state index in [1.807, 2.05) is 38.1 Å². The number of carbonyl (C=O) groups excluding carboxylic acids is 3. The minimum atomic E-state index is -0.352. The number of carbonyl (C=O) groups is 3. The van der Waals surface area contributed by atoms with Crippen molar-refractivity contribution in [3.05, 3.63) is 63.6 Å². The number of nitrogens with one attached hydrogen (secondary N) is 2. The summed E-state index contributed by atoms with van der Waals surface area (Å²) in [7, 11) is 1.53. The summed E-state index contributed by atoms with van der Waals surface area (Å²) in [4.78, 5) is 37.8. The Balaban J connectivity index is 1.86. The lowest BCUT2D eigenvalue weighted by Gasteiger charge is -2.18. The van der Waals surface area contributed by atoms with Gasteiger partial charge in [-0.15, -0.1) is 0 Å². The first kappa shape index (κ1) is 20.6. The third-order valence-electron chi connectivity index (χ3n) is 4.04. The summed E-state index contributed by atoms with van der Waals surface area (Å²) in [6.45, 7) is 3.54. The molecular weight excluding hydrogens is 410 g/mol. The van der Waals surface area contributed by atoms with Crippen molar-refractivity contribution in [2.24, 2.45) is 0 Å². The highest BCUT2D eigenvalue weighted by Gasteiger charge is 2.16. The Morgan fingerprint density at radius 2 is 1.67 bits per heavy atom. The maximum Gasteiger partial charge on any atom is 0.251 e. The molecule has 0 fully saturated rings. The van der Waals surface area contributed by atoms with E-state index in [0.29, 0.717) is 5.56 Å². The molecule has 0 bridgehead atoms. The van der Waals surface area contributed by atoms with Crippen molar-refractivity contribution < 1.29 is 14.4 Å². The molecule has 6 nitrogen and oxygen atoms in total. The first-order chi connectivity index (χ1) is 12.8. The summed E-state index contributed by atoms with van der Waals surface area (Å²) < 4.78 is 0.779. The Hall–Kier alpha value is -2.67. The van der Waals surface area contributed by atoms with Gasteiger partial charge in [-0.25, -0.2) is 0 Å². The molecule has 0 atom stereocenters. The quantitative estimate of drug-likeness (QED) is 0.737. The van der Waals surface area contributed by atoms with Gasteiger partial charge in [-0.1, -0.05) is 40.2 Å². The zero-order valence-corrected chi connectivity index (χ0v) is 17.1. The molecule has 2 N–H and O–H groups in total. The Labute approximate surface area is 167 Å². The second-order valence-electron chi connectivity index (χ2n) is 6.26. The van der Waals surface area contributed by atoms with Crippen LogP contribution in [0.2, 0.25) is 0 Å². The van der Waals surface area contributed by atoms with Crippen LogP contribution < -0.4 is 10.6 Å². The third kappa shape index (κ3) is 5.92. The maximum absolute atomic E-state index is 12.2. The van der Waals surface area contributed by atoms with Crippen LogP contribution in [0.25, 0.3) is 0 Å². The Bertz CT molecular complexity index is 847. The highest BCUT2D eigenvalue weighted by Crippen LogP contribution is 2.19. The van der Waals surface area contributed by atoms with Crippen LogP contribution in [0.15, 0.2) is 46.9 Å². The van der Waals surface area contributed by atoms with Gasteiger partial charge in [0.25, 0.3) is 5.91 Å². The Morgan fingerprint density at radius 1 is 1.04 bits per heavy atom. The number of hydrogen-bond acceptors (Lipinski definition) is 3. The van der Waals surface area contributed by atoms with Crippen molar-refractivity contribution in [1.82, 2.24) is 10.2 Å². The highest BCUT2D eigenvalue weighted by molar-refractivity contribution is 9.10. The van der Waals surface area contributed by atoms with Gasteiger partial charge in [0.1, 0.15) is 0 Å². The molecule has 0 aliphatic heterocycles. The number of anilines is 1. The zero-order valence-electron chi connectivity index (χ0n) is 15.5. The summed E-state index contributed by atoms with van der Waals surface area (Å²) in [5.41, 5.74) is 3.12. The van der Waals surface area contributed by atoms with Gasteiger partial charge in [-0.3, -0.25) is 14.4 Å². The summed E-state index contributed by atoms with van der Waals surface area (Å²) in [5, 5.41) is 5.40. The minimum absolute atomic E-state index is 0.0979. The van der Waals surface area contributed by atoms with Crippen LogP contribution in [0.5, 0.6) is 0 Å². The number of amides is 3. The lowest BCUT2D eigenvalue weighted by Crippen LogP contribution is -2.41. The van der Waals surface area contributed by atoms with Gasteiger partial charge in [0.05, 0.1) is 13.1 Å². The third-order valence-corrected chi connectivity index (χ3v) is 4.53. The van der Waals surface area contributed by atoms with Crippen molar-refractivity contribution in [3.63, 3.8) is 0 Å². The second kappa shape index (κ2) is 9.32. The van der Waals surface area contributed by atoms with E-state index in [9.17, 15) is 14.4 Å². The van der Waals surface area contributed by atoms with Crippen molar-refractivity contribution >= 4 is 39.3 Å². The first-order valence-corrected chi connectivity index (χ1v) is 9.21. The summed E-state index contributed by atoms with van der Waals surface area (Å²) in [5.74, 6) is -0.991. The molecule has 7 heteroatoms. The van der Waals surface area contributed by atoms with Gasteiger partial charge in [0.15, 0.2) is 0 Å². The average molecular weight is 432 g/mol. The lowest BCUT2D eigenvalue weighted by atomic mass is 10.1. The van der Waals surface area contributed by atoms with Crippen molar-refractivity contribution in [2.45, 2.75) is 13.8 Å². The van der Waals surface area contributed by atoms with Gasteiger partial charge in [-0.05, 0) is 43.2 Å². The number of likely N-dealkylation sites (N-methyl/N-ethyl adjacent to an activating group) is 1. The number of hydrogen-bond donors (Lipinski definition) is 2. The fourth-order valence-electron chi connectivity index (χ4n) is 2.52. The summed E-state index contributed by atoms with van der Waals surface area (Å²) in [6, 6.07) is 12.6. The molecule has 3 amide bonds. The molecule has 0 heterocycles. The smallest absolute Gasteiger partial charge is 0.251 e. The molecule has 2 aromatic carbocycles. The molecule has 0 unspecified atom stereocenters. The van der Waals surface area contributed by atoms with Crippen LogP contribution in [0.3, 0.4) is 0 Å². The van der Waals surface area contributed by atoms with Gasteiger partial charge >= 0.3 is 0 Å². The van der Waals surface area contributed by atoms with E-state index in [-0.39, 0.29) is 30.8 Å². The standard InChI is InChI=1S/C20H22BrN3O3/c1-13-6-4-7-14(2)19(13)23-17(25)12-24(3)18(26)11-22-20(27)15-8-5-9-16(21)10-15/h4-10H,11-12H2,1-3H3,(H,22,27)(H,23,25). The number of aryl methyl sites for hydroxylation is 2. The molecular formula is C20H22BrN3O3. The summed E-state index contributed by atoms with van der Waals surface area (Å²) in [6.07, 6.45) is 0. The number of nitrogens with zero attached hydrogens (tertiary/aromatic N) is 1. The van der Waals surface area contributed by atoms with E-state index in [0.717, 1.165) is 21.3 Å². The fourth-order valence-corrected chi connectivity index (χ4v) is 2.92. The van der Waals surface area contributed by atoms with Crippen LogP contribution in [-0.2, 0) is 9.59 Å². The van der Waals surface area contributed by atoms with Gasteiger partial charge in [0, 0.05) is 22.8 Å². The predicted octanol–water partition coefficient (Wildman–Crippen LogP) is 2.89. The summed E-state index contributed by atoms with van der Waals surface area (Å²) >= 11 is 3.30. The molecule has 0 spiro atoms. The van der Waals surface area contributed by atoms with E-state index in [1.54, 1.807) is 18.2 Å². The molecule has 2 rings (SSSR count). The normalized spacial score (nSPS) is 10.2. The molecule has 0 saturated carbocycles. The minimum Gasteiger partial charge on any atom is -0.343 e. The van der Waals surface area contributed by atoms with E-state index < -0.39 is 0 Å². The van der Waals surface area contributed by atoms with E-state index in [2.05, 4.69) is 26.6 Å². The largest absolute Gasteiger partial charge is 0.343 e. The SMILES string of the molecule is Cc1cccc(C)c1NC(=O)CN(C)C(=O)CNC(=O)c1cccc(Br)c1. The van der Waals surface area contributed by atoms with E-state index >= 15 is 0 Å². The zero-order chi connectivity index (χ0) is 20.0. The van der Waals surface area contributed by atoms with Crippen LogP contribution in [-0.4, -0.2) is 42.8 Å². The molecule has 2 aromatic rings. The monoisotopic (exact) mass is 431 g/mol. The maximum atomic E-state index is 12.2. The number of benzene rings is 2. The average Bonchev–Trinajstić information content (AvgIpc) is 2.62. The van der Waals surface area contributed by atoms with E-state index in [1.165, 1.54) is 11.9 Å². The van der Waals surface area contributed by atoms with Crippen molar-refractivity contribution in [3.8, 4) is 0 Å². The van der Waals surface area contributed by atoms with Crippen molar-refractivity contribution in [1.29, 1.82) is 0 Å². The topological polar surface area (TPSA) is 78.5 Å². The van der Waals surface area contributed by atoms with Crippen LogP contribution in [0, 0.1) is 13.8 Å². The van der Waals surface area contributed by atoms with Gasteiger partial charge in [-0.2, -0.15) is 0 Å². The predicted molar refractivity (Wildman–Crippen MR) is 109 cm³/mol. The number of halogens is 1. The lowest BCUT2D eigenvalue weighted by molar-refractivity contribution is -0.132. The molecule has 0 aliphatic carbocycles. The van der Waals surface area contributed by atoms with Crippen molar-refractivity contribution in [2.75, 3.05) is 25.5 Å². The van der Waals surface area contributed by atoms with Crippen LogP contribution >= 0.6 is 15.9 Å². The Morgan fingerprint density at radius 3 is 2.30 bits per heavy atom. The highest BCUT2D eigenvalue weighted by atomic mass is 79.9.